The Bertz CT molecular complexity index is 346. The van der Waals surface area contributed by atoms with E-state index in [9.17, 15) is 8.78 Å². The minimum Gasteiger partial charge on any atom is -0.314 e. The number of nitrogens with one attached hydrogen (secondary N) is 1. The molecule has 1 unspecified atom stereocenters. The van der Waals surface area contributed by atoms with Crippen molar-refractivity contribution in [3.05, 3.63) is 35.4 Å². The van der Waals surface area contributed by atoms with Crippen molar-refractivity contribution in [3.8, 4) is 0 Å². The quantitative estimate of drug-likeness (QED) is 0.738. The van der Waals surface area contributed by atoms with Gasteiger partial charge in [-0.3, -0.25) is 0 Å². The van der Waals surface area contributed by atoms with E-state index in [0.29, 0.717) is 18.0 Å². The van der Waals surface area contributed by atoms with Gasteiger partial charge in [0.25, 0.3) is 0 Å². The largest absolute Gasteiger partial charge is 0.314 e. The highest BCUT2D eigenvalue weighted by molar-refractivity contribution is 5.18. The van der Waals surface area contributed by atoms with Crippen molar-refractivity contribution >= 4 is 0 Å². The predicted octanol–water partition coefficient (Wildman–Crippen LogP) is 4.07. The maximum atomic E-state index is 13.4. The zero-order chi connectivity index (χ0) is 13.4. The van der Waals surface area contributed by atoms with Crippen molar-refractivity contribution in [2.75, 3.05) is 6.54 Å². The molecular formula is C15H23F2N. The van der Waals surface area contributed by atoms with Crippen molar-refractivity contribution < 1.29 is 8.78 Å². The van der Waals surface area contributed by atoms with Gasteiger partial charge in [0.05, 0.1) is 0 Å². The fraction of sp³-hybridized carbons (Fsp3) is 0.600. The van der Waals surface area contributed by atoms with Gasteiger partial charge in [-0.1, -0.05) is 20.3 Å². The van der Waals surface area contributed by atoms with Crippen LogP contribution in [0.5, 0.6) is 0 Å². The minimum atomic E-state index is -0.358. The van der Waals surface area contributed by atoms with Gasteiger partial charge in [0.15, 0.2) is 0 Å². The third kappa shape index (κ3) is 5.13. The first-order valence-corrected chi connectivity index (χ1v) is 6.84. The van der Waals surface area contributed by atoms with Crippen LogP contribution in [0.1, 0.15) is 45.1 Å². The Labute approximate surface area is 109 Å². The summed E-state index contributed by atoms with van der Waals surface area (Å²) < 4.78 is 26.4. The van der Waals surface area contributed by atoms with Crippen molar-refractivity contribution in [3.63, 3.8) is 0 Å². The molecule has 0 aliphatic carbocycles. The van der Waals surface area contributed by atoms with Crippen molar-refractivity contribution in [1.82, 2.24) is 5.32 Å². The minimum absolute atomic E-state index is 0.299. The van der Waals surface area contributed by atoms with Crippen molar-refractivity contribution in [1.29, 1.82) is 0 Å². The van der Waals surface area contributed by atoms with Gasteiger partial charge in [0.1, 0.15) is 11.6 Å². The van der Waals surface area contributed by atoms with E-state index in [-0.39, 0.29) is 11.6 Å². The normalized spacial score (nSPS) is 12.7. The highest BCUT2D eigenvalue weighted by Crippen LogP contribution is 2.14. The van der Waals surface area contributed by atoms with Gasteiger partial charge in [0.2, 0.25) is 0 Å². The Kier molecular flexibility index (Phi) is 6.88. The molecule has 0 aliphatic rings. The third-order valence-corrected chi connectivity index (χ3v) is 3.14. The van der Waals surface area contributed by atoms with Gasteiger partial charge in [-0.05, 0) is 56.0 Å². The van der Waals surface area contributed by atoms with Crippen LogP contribution in [-0.4, -0.2) is 12.6 Å². The zero-order valence-corrected chi connectivity index (χ0v) is 11.3. The molecule has 1 nitrogen and oxygen atoms in total. The van der Waals surface area contributed by atoms with Crippen LogP contribution < -0.4 is 5.32 Å². The maximum Gasteiger partial charge on any atom is 0.126 e. The summed E-state index contributed by atoms with van der Waals surface area (Å²) in [5.74, 6) is -0.657. The van der Waals surface area contributed by atoms with E-state index in [0.717, 1.165) is 38.3 Å². The summed E-state index contributed by atoms with van der Waals surface area (Å²) in [6, 6.07) is 4.17. The summed E-state index contributed by atoms with van der Waals surface area (Å²) in [7, 11) is 0. The van der Waals surface area contributed by atoms with E-state index in [2.05, 4.69) is 19.2 Å². The van der Waals surface area contributed by atoms with Crippen LogP contribution in [-0.2, 0) is 6.42 Å². The maximum absolute atomic E-state index is 13.4. The predicted molar refractivity (Wildman–Crippen MR) is 71.7 cm³/mol. The lowest BCUT2D eigenvalue weighted by Crippen LogP contribution is -2.28. The number of benzene rings is 1. The van der Waals surface area contributed by atoms with E-state index in [1.807, 2.05) is 0 Å². The average molecular weight is 255 g/mol. The molecule has 1 aromatic carbocycles. The molecule has 0 aromatic heterocycles. The lowest BCUT2D eigenvalue weighted by atomic mass is 10.0. The second kappa shape index (κ2) is 8.20. The number of aryl methyl sites for hydroxylation is 1. The molecule has 3 heteroatoms. The molecule has 102 valence electrons. The molecular weight excluding hydrogens is 232 g/mol. The summed E-state index contributed by atoms with van der Waals surface area (Å²) in [4.78, 5) is 0. The van der Waals surface area contributed by atoms with Crippen molar-refractivity contribution in [2.24, 2.45) is 0 Å². The van der Waals surface area contributed by atoms with Crippen LogP contribution in [0.3, 0.4) is 0 Å². The van der Waals surface area contributed by atoms with E-state index in [1.165, 1.54) is 12.1 Å². The molecule has 1 aromatic rings. The number of hydrogen-bond donors (Lipinski definition) is 1. The first kappa shape index (κ1) is 15.1. The van der Waals surface area contributed by atoms with E-state index in [1.54, 1.807) is 0 Å². The Balaban J connectivity index is 2.41. The Morgan fingerprint density at radius 3 is 2.61 bits per heavy atom. The van der Waals surface area contributed by atoms with Gasteiger partial charge < -0.3 is 5.32 Å². The van der Waals surface area contributed by atoms with Crippen LogP contribution in [0.2, 0.25) is 0 Å². The molecule has 0 amide bonds. The number of rotatable bonds is 8. The molecule has 1 rings (SSSR count). The highest BCUT2D eigenvalue weighted by Gasteiger charge is 2.08. The van der Waals surface area contributed by atoms with E-state index < -0.39 is 0 Å². The van der Waals surface area contributed by atoms with Crippen LogP contribution in [0.4, 0.5) is 8.78 Å². The molecule has 0 aliphatic heterocycles. The fourth-order valence-corrected chi connectivity index (χ4v) is 2.26. The van der Waals surface area contributed by atoms with Crippen LogP contribution in [0, 0.1) is 11.6 Å². The number of hydrogen-bond acceptors (Lipinski definition) is 1. The van der Waals surface area contributed by atoms with Crippen LogP contribution >= 0.6 is 0 Å². The summed E-state index contributed by atoms with van der Waals surface area (Å²) in [5, 5.41) is 3.43. The second-order valence-corrected chi connectivity index (χ2v) is 4.67. The smallest absolute Gasteiger partial charge is 0.126 e. The summed E-state index contributed by atoms with van der Waals surface area (Å²) in [6.45, 7) is 5.21. The molecule has 0 radical (unpaired) electrons. The van der Waals surface area contributed by atoms with Crippen molar-refractivity contribution in [2.45, 2.75) is 52.0 Å². The fourth-order valence-electron chi connectivity index (χ4n) is 2.26. The first-order valence-electron chi connectivity index (χ1n) is 6.84. The molecule has 0 heterocycles. The van der Waals surface area contributed by atoms with Gasteiger partial charge in [-0.25, -0.2) is 8.78 Å². The van der Waals surface area contributed by atoms with Crippen LogP contribution in [0.15, 0.2) is 18.2 Å². The monoisotopic (exact) mass is 255 g/mol. The Morgan fingerprint density at radius 1 is 1.17 bits per heavy atom. The lowest BCUT2D eigenvalue weighted by Gasteiger charge is -2.16. The highest BCUT2D eigenvalue weighted by atomic mass is 19.1. The van der Waals surface area contributed by atoms with E-state index in [4.69, 9.17) is 0 Å². The average Bonchev–Trinajstić information content (AvgIpc) is 2.34. The molecule has 0 bridgehead atoms. The lowest BCUT2D eigenvalue weighted by molar-refractivity contribution is 0.445. The second-order valence-electron chi connectivity index (χ2n) is 4.67. The molecule has 0 saturated carbocycles. The Hall–Kier alpha value is -0.960. The summed E-state index contributed by atoms with van der Waals surface area (Å²) in [5.41, 5.74) is 0.488. The molecule has 18 heavy (non-hydrogen) atoms. The molecule has 0 fully saturated rings. The third-order valence-electron chi connectivity index (χ3n) is 3.14. The zero-order valence-electron chi connectivity index (χ0n) is 11.3. The summed E-state index contributed by atoms with van der Waals surface area (Å²) in [6.07, 6.45) is 4.79. The van der Waals surface area contributed by atoms with Gasteiger partial charge in [0, 0.05) is 6.04 Å². The molecule has 1 N–H and O–H groups in total. The van der Waals surface area contributed by atoms with Gasteiger partial charge >= 0.3 is 0 Å². The first-order chi connectivity index (χ1) is 8.67. The molecule has 0 saturated heterocycles. The summed E-state index contributed by atoms with van der Waals surface area (Å²) >= 11 is 0. The Morgan fingerprint density at radius 2 is 1.94 bits per heavy atom. The topological polar surface area (TPSA) is 12.0 Å². The molecule has 0 spiro atoms. The standard InChI is InChI=1S/C15H23F2N/c1-3-6-14(18-4-2)8-5-7-12-11-13(16)9-10-15(12)17/h9-11,14,18H,3-8H2,1-2H3. The van der Waals surface area contributed by atoms with Gasteiger partial charge in [-0.2, -0.15) is 0 Å². The number of halogens is 2. The van der Waals surface area contributed by atoms with E-state index >= 15 is 0 Å². The molecule has 1 atom stereocenters. The SMILES string of the molecule is CCCC(CCCc1cc(F)ccc1F)NCC. The van der Waals surface area contributed by atoms with Gasteiger partial charge in [-0.15, -0.1) is 0 Å². The van der Waals surface area contributed by atoms with Crippen LogP contribution in [0.25, 0.3) is 0 Å².